The molecular formula is C23H23N3O3S. The number of benzene rings is 2. The normalized spacial score (nSPS) is 11.6. The lowest BCUT2D eigenvalue weighted by atomic mass is 10.1. The average Bonchev–Trinajstić information content (AvgIpc) is 3.15. The van der Waals surface area contributed by atoms with Gasteiger partial charge in [0.1, 0.15) is 11.4 Å². The van der Waals surface area contributed by atoms with Gasteiger partial charge in [-0.15, -0.1) is 0 Å². The lowest BCUT2D eigenvalue weighted by molar-refractivity contribution is 0.411. The summed E-state index contributed by atoms with van der Waals surface area (Å²) in [5.74, 6) is 0.665. The van der Waals surface area contributed by atoms with Gasteiger partial charge in [0.2, 0.25) is 0 Å². The number of fused-ring (bicyclic) bond motifs is 1. The Morgan fingerprint density at radius 1 is 0.967 bits per heavy atom. The van der Waals surface area contributed by atoms with E-state index in [9.17, 15) is 8.42 Å². The van der Waals surface area contributed by atoms with Crippen molar-refractivity contribution in [2.24, 2.45) is 0 Å². The van der Waals surface area contributed by atoms with Crippen LogP contribution in [0.3, 0.4) is 0 Å². The minimum Gasteiger partial charge on any atom is -0.496 e. The molecule has 2 aromatic carbocycles. The van der Waals surface area contributed by atoms with Crippen LogP contribution in [0.4, 0.5) is 5.69 Å². The van der Waals surface area contributed by atoms with Crippen molar-refractivity contribution in [1.29, 1.82) is 0 Å². The molecule has 0 aliphatic rings. The fourth-order valence-corrected chi connectivity index (χ4v) is 4.86. The molecule has 0 aliphatic heterocycles. The van der Waals surface area contributed by atoms with Crippen LogP contribution in [0.15, 0.2) is 65.8 Å². The number of imidazole rings is 1. The Hall–Kier alpha value is -3.32. The zero-order chi connectivity index (χ0) is 21.5. The SMILES string of the molecule is COc1cc(C)c(S(=O)(=O)Nc2ccc(-c3cn4cccc(C)c4n3)cc2)cc1C. The summed E-state index contributed by atoms with van der Waals surface area (Å²) in [7, 11) is -2.15. The topological polar surface area (TPSA) is 72.7 Å². The van der Waals surface area contributed by atoms with Crippen LogP contribution < -0.4 is 9.46 Å². The van der Waals surface area contributed by atoms with Crippen molar-refractivity contribution >= 4 is 21.4 Å². The third-order valence-corrected chi connectivity index (χ3v) is 6.62. The minimum atomic E-state index is -3.72. The van der Waals surface area contributed by atoms with E-state index in [2.05, 4.69) is 9.71 Å². The lowest BCUT2D eigenvalue weighted by Crippen LogP contribution is -2.14. The molecule has 30 heavy (non-hydrogen) atoms. The predicted octanol–water partition coefficient (Wildman–Crippen LogP) is 4.74. The van der Waals surface area contributed by atoms with Crippen molar-refractivity contribution < 1.29 is 13.2 Å². The Balaban J connectivity index is 1.61. The van der Waals surface area contributed by atoms with Crippen molar-refractivity contribution in [2.75, 3.05) is 11.8 Å². The highest BCUT2D eigenvalue weighted by Crippen LogP contribution is 2.28. The zero-order valence-electron chi connectivity index (χ0n) is 17.3. The first-order valence-corrected chi connectivity index (χ1v) is 11.0. The van der Waals surface area contributed by atoms with Gasteiger partial charge in [0, 0.05) is 23.6 Å². The Morgan fingerprint density at radius 3 is 2.37 bits per heavy atom. The third-order valence-electron chi connectivity index (χ3n) is 5.09. The second-order valence-corrected chi connectivity index (χ2v) is 8.97. The van der Waals surface area contributed by atoms with Crippen LogP contribution in [0.1, 0.15) is 16.7 Å². The van der Waals surface area contributed by atoms with Crippen LogP contribution in [0.5, 0.6) is 5.75 Å². The molecule has 0 spiro atoms. The van der Waals surface area contributed by atoms with Crippen LogP contribution in [0, 0.1) is 20.8 Å². The van der Waals surface area contributed by atoms with Crippen LogP contribution in [0.25, 0.3) is 16.9 Å². The maximum atomic E-state index is 12.9. The number of pyridine rings is 1. The molecule has 7 heteroatoms. The van der Waals surface area contributed by atoms with Gasteiger partial charge in [-0.3, -0.25) is 4.72 Å². The molecule has 154 valence electrons. The summed E-state index contributed by atoms with van der Waals surface area (Å²) in [5.41, 5.74) is 5.63. The molecule has 0 aliphatic carbocycles. The molecule has 0 saturated carbocycles. The van der Waals surface area contributed by atoms with E-state index < -0.39 is 10.0 Å². The molecule has 0 radical (unpaired) electrons. The van der Waals surface area contributed by atoms with Crippen LogP contribution in [-0.4, -0.2) is 24.9 Å². The van der Waals surface area contributed by atoms with E-state index in [-0.39, 0.29) is 4.90 Å². The highest BCUT2D eigenvalue weighted by Gasteiger charge is 2.19. The number of nitrogens with zero attached hydrogens (tertiary/aromatic N) is 2. The van der Waals surface area contributed by atoms with Crippen LogP contribution in [0.2, 0.25) is 0 Å². The number of nitrogens with one attached hydrogen (secondary N) is 1. The number of aryl methyl sites for hydroxylation is 3. The van der Waals surface area contributed by atoms with Crippen LogP contribution in [-0.2, 0) is 10.0 Å². The summed E-state index contributed by atoms with van der Waals surface area (Å²) in [4.78, 5) is 4.92. The van der Waals surface area contributed by atoms with Crippen molar-refractivity contribution in [3.05, 3.63) is 77.6 Å². The molecule has 6 nitrogen and oxygen atoms in total. The molecule has 4 rings (SSSR count). The first-order valence-electron chi connectivity index (χ1n) is 9.51. The summed E-state index contributed by atoms with van der Waals surface area (Å²) < 4.78 is 35.7. The monoisotopic (exact) mass is 421 g/mol. The standard InChI is InChI=1S/C23H23N3O3S/c1-15-6-5-11-26-14-20(24-23(15)26)18-7-9-19(10-8-18)25-30(27,28)22-13-16(2)21(29-4)12-17(22)3/h5-14,25H,1-4H3. The Labute approximate surface area is 176 Å². The summed E-state index contributed by atoms with van der Waals surface area (Å²) in [5, 5.41) is 0. The van der Waals surface area contributed by atoms with Crippen molar-refractivity contribution in [3.8, 4) is 17.0 Å². The average molecular weight is 422 g/mol. The van der Waals surface area contributed by atoms with Crippen molar-refractivity contribution in [1.82, 2.24) is 9.38 Å². The van der Waals surface area contributed by atoms with E-state index in [0.717, 1.165) is 28.0 Å². The first kappa shape index (κ1) is 20.0. The van der Waals surface area contributed by atoms with E-state index in [1.54, 1.807) is 38.3 Å². The second kappa shape index (κ2) is 7.50. The second-order valence-electron chi connectivity index (χ2n) is 7.32. The lowest BCUT2D eigenvalue weighted by Gasteiger charge is -2.13. The van der Waals surface area contributed by atoms with Gasteiger partial charge in [-0.1, -0.05) is 18.2 Å². The van der Waals surface area contributed by atoms with Gasteiger partial charge in [0.25, 0.3) is 10.0 Å². The van der Waals surface area contributed by atoms with Gasteiger partial charge in [0.15, 0.2) is 0 Å². The summed E-state index contributed by atoms with van der Waals surface area (Å²) in [6, 6.07) is 14.6. The summed E-state index contributed by atoms with van der Waals surface area (Å²) in [6.07, 6.45) is 3.92. The Morgan fingerprint density at radius 2 is 1.70 bits per heavy atom. The number of anilines is 1. The molecule has 0 unspecified atom stereocenters. The maximum absolute atomic E-state index is 12.9. The van der Waals surface area contributed by atoms with E-state index >= 15 is 0 Å². The molecular weight excluding hydrogens is 398 g/mol. The summed E-state index contributed by atoms with van der Waals surface area (Å²) in [6.45, 7) is 5.60. The van der Waals surface area contributed by atoms with E-state index in [4.69, 9.17) is 4.74 Å². The van der Waals surface area contributed by atoms with Gasteiger partial charge in [-0.25, -0.2) is 13.4 Å². The maximum Gasteiger partial charge on any atom is 0.262 e. The highest BCUT2D eigenvalue weighted by atomic mass is 32.2. The molecule has 0 atom stereocenters. The molecule has 1 N–H and O–H groups in total. The summed E-state index contributed by atoms with van der Waals surface area (Å²) >= 11 is 0. The first-order chi connectivity index (χ1) is 14.3. The van der Waals surface area contributed by atoms with E-state index in [1.165, 1.54) is 0 Å². The third kappa shape index (κ3) is 3.64. The smallest absolute Gasteiger partial charge is 0.262 e. The van der Waals surface area contributed by atoms with E-state index in [0.29, 0.717) is 17.0 Å². The number of hydrogen-bond acceptors (Lipinski definition) is 4. The fourth-order valence-electron chi connectivity index (χ4n) is 3.48. The van der Waals surface area contributed by atoms with Gasteiger partial charge in [-0.05, 0) is 67.8 Å². The molecule has 0 bridgehead atoms. The number of hydrogen-bond donors (Lipinski definition) is 1. The fraction of sp³-hybridized carbons (Fsp3) is 0.174. The molecule has 0 fully saturated rings. The van der Waals surface area contributed by atoms with Gasteiger partial charge in [-0.2, -0.15) is 0 Å². The largest absolute Gasteiger partial charge is 0.496 e. The van der Waals surface area contributed by atoms with Gasteiger partial charge in [0.05, 0.1) is 17.7 Å². The van der Waals surface area contributed by atoms with Crippen LogP contribution >= 0.6 is 0 Å². The molecule has 2 aromatic heterocycles. The molecule has 4 aromatic rings. The number of methoxy groups -OCH3 is 1. The number of rotatable bonds is 5. The Bertz CT molecular complexity index is 1340. The Kier molecular flexibility index (Phi) is 4.99. The predicted molar refractivity (Wildman–Crippen MR) is 119 cm³/mol. The molecule has 0 saturated heterocycles. The van der Waals surface area contributed by atoms with Gasteiger partial charge < -0.3 is 9.14 Å². The number of ether oxygens (including phenoxy) is 1. The van der Waals surface area contributed by atoms with Gasteiger partial charge >= 0.3 is 0 Å². The van der Waals surface area contributed by atoms with Crippen molar-refractivity contribution in [2.45, 2.75) is 25.7 Å². The number of sulfonamides is 1. The highest BCUT2D eigenvalue weighted by molar-refractivity contribution is 7.92. The minimum absolute atomic E-state index is 0.237. The van der Waals surface area contributed by atoms with Crippen molar-refractivity contribution in [3.63, 3.8) is 0 Å². The zero-order valence-corrected chi connectivity index (χ0v) is 18.1. The number of aromatic nitrogens is 2. The molecule has 2 heterocycles. The molecule has 0 amide bonds. The van der Waals surface area contributed by atoms with E-state index in [1.807, 2.05) is 54.9 Å². The quantitative estimate of drug-likeness (QED) is 0.505.